The molecule has 4 rings (SSSR count). The Labute approximate surface area is 202 Å². The first-order chi connectivity index (χ1) is 16.5. The summed E-state index contributed by atoms with van der Waals surface area (Å²) in [5, 5.41) is 5.14. The number of halogens is 1. The van der Waals surface area contributed by atoms with Gasteiger partial charge in [0.1, 0.15) is 29.1 Å². The third-order valence-corrected chi connectivity index (χ3v) is 6.65. The summed E-state index contributed by atoms with van der Waals surface area (Å²) in [6.45, 7) is 2.08. The summed E-state index contributed by atoms with van der Waals surface area (Å²) < 4.78 is 25.7. The van der Waals surface area contributed by atoms with Crippen LogP contribution in [0.1, 0.15) is 33.3 Å². The Morgan fingerprint density at radius 2 is 2.15 bits per heavy atom. The van der Waals surface area contributed by atoms with E-state index in [2.05, 4.69) is 15.3 Å². The van der Waals surface area contributed by atoms with Gasteiger partial charge < -0.3 is 24.6 Å². The average molecular weight is 486 g/mol. The monoisotopic (exact) mass is 485 g/mol. The molecule has 3 aromatic rings. The van der Waals surface area contributed by atoms with Gasteiger partial charge in [0.25, 0.3) is 5.91 Å². The highest BCUT2D eigenvalue weighted by Gasteiger charge is 2.28. The van der Waals surface area contributed by atoms with E-state index in [0.29, 0.717) is 30.2 Å². The van der Waals surface area contributed by atoms with Crippen molar-refractivity contribution in [1.29, 1.82) is 0 Å². The van der Waals surface area contributed by atoms with Crippen molar-refractivity contribution in [2.45, 2.75) is 19.1 Å². The molecule has 0 bridgehead atoms. The third kappa shape index (κ3) is 5.28. The van der Waals surface area contributed by atoms with Crippen LogP contribution in [0.5, 0.6) is 11.8 Å². The van der Waals surface area contributed by atoms with Crippen LogP contribution in [0.25, 0.3) is 0 Å². The molecule has 0 aliphatic carbocycles. The normalized spacial score (nSPS) is 14.5. The number of benzene rings is 1. The maximum Gasteiger partial charge on any atom is 0.318 e. The standard InChI is InChI=1S/C24H28FN5O3S/c1-26-9-8-19(21-5-4-12-34-21)33-20-13-17(25)7-6-16(20)15-30-11-10-29(2)22-18(23(30)31)14-27-24(28-22)32-3/h4-7,12-14,19,26H,8-11,15H2,1-3H3/t19-/m0/s1. The summed E-state index contributed by atoms with van der Waals surface area (Å²) in [5.41, 5.74) is 1.14. The summed E-state index contributed by atoms with van der Waals surface area (Å²) in [7, 11) is 5.25. The van der Waals surface area contributed by atoms with Gasteiger partial charge in [-0.3, -0.25) is 4.79 Å². The molecule has 34 heavy (non-hydrogen) atoms. The Morgan fingerprint density at radius 1 is 1.29 bits per heavy atom. The minimum atomic E-state index is -0.384. The van der Waals surface area contributed by atoms with Gasteiger partial charge in [-0.25, -0.2) is 9.37 Å². The second-order valence-electron chi connectivity index (χ2n) is 8.01. The van der Waals surface area contributed by atoms with E-state index in [1.807, 2.05) is 36.5 Å². The largest absolute Gasteiger partial charge is 0.484 e. The van der Waals surface area contributed by atoms with E-state index in [0.717, 1.165) is 23.4 Å². The molecule has 0 saturated carbocycles. The van der Waals surface area contributed by atoms with Crippen molar-refractivity contribution in [2.75, 3.05) is 45.7 Å². The van der Waals surface area contributed by atoms with Gasteiger partial charge in [-0.2, -0.15) is 4.98 Å². The number of thiophene rings is 1. The second-order valence-corrected chi connectivity index (χ2v) is 8.99. The Morgan fingerprint density at radius 3 is 2.88 bits per heavy atom. The molecule has 0 spiro atoms. The first kappa shape index (κ1) is 23.9. The van der Waals surface area contributed by atoms with Crippen molar-refractivity contribution < 1.29 is 18.7 Å². The summed E-state index contributed by atoms with van der Waals surface area (Å²) >= 11 is 1.60. The highest BCUT2D eigenvalue weighted by Crippen LogP contribution is 2.32. The van der Waals surface area contributed by atoms with Crippen LogP contribution < -0.4 is 19.7 Å². The number of methoxy groups -OCH3 is 1. The van der Waals surface area contributed by atoms with Crippen LogP contribution in [0.3, 0.4) is 0 Å². The lowest BCUT2D eigenvalue weighted by atomic mass is 10.1. The predicted octanol–water partition coefficient (Wildman–Crippen LogP) is 3.51. The number of hydrogen-bond donors (Lipinski definition) is 1. The van der Waals surface area contributed by atoms with Crippen molar-refractivity contribution >= 4 is 23.1 Å². The Balaban J connectivity index is 1.61. The van der Waals surface area contributed by atoms with Gasteiger partial charge in [0.05, 0.1) is 7.11 Å². The number of carbonyl (C=O) groups excluding carboxylic acids is 1. The number of ether oxygens (including phenoxy) is 2. The van der Waals surface area contributed by atoms with Gasteiger partial charge in [-0.05, 0) is 31.1 Å². The van der Waals surface area contributed by atoms with Gasteiger partial charge >= 0.3 is 6.01 Å². The molecule has 1 aliphatic rings. The summed E-state index contributed by atoms with van der Waals surface area (Å²) in [6, 6.07) is 8.67. The van der Waals surface area contributed by atoms with Crippen molar-refractivity contribution in [1.82, 2.24) is 20.2 Å². The fraction of sp³-hybridized carbons (Fsp3) is 0.375. The fourth-order valence-electron chi connectivity index (χ4n) is 3.83. The number of anilines is 1. The summed E-state index contributed by atoms with van der Waals surface area (Å²) in [5.74, 6) is 0.387. The number of hydrogen-bond acceptors (Lipinski definition) is 8. The predicted molar refractivity (Wildman–Crippen MR) is 129 cm³/mol. The second kappa shape index (κ2) is 10.8. The molecular weight excluding hydrogens is 457 g/mol. The van der Waals surface area contributed by atoms with E-state index >= 15 is 0 Å². The number of carbonyl (C=O) groups is 1. The smallest absolute Gasteiger partial charge is 0.318 e. The highest BCUT2D eigenvalue weighted by molar-refractivity contribution is 7.10. The number of likely N-dealkylation sites (N-methyl/N-ethyl adjacent to an activating group) is 1. The molecule has 180 valence electrons. The van der Waals surface area contributed by atoms with Gasteiger partial charge in [-0.15, -0.1) is 11.3 Å². The maximum atomic E-state index is 14.2. The maximum absolute atomic E-state index is 14.2. The first-order valence-electron chi connectivity index (χ1n) is 11.0. The van der Waals surface area contributed by atoms with E-state index in [4.69, 9.17) is 9.47 Å². The fourth-order valence-corrected chi connectivity index (χ4v) is 4.62. The van der Waals surface area contributed by atoms with Crippen molar-refractivity contribution in [3.8, 4) is 11.8 Å². The first-order valence-corrected chi connectivity index (χ1v) is 11.9. The lowest BCUT2D eigenvalue weighted by Crippen LogP contribution is -2.33. The Bertz CT molecular complexity index is 1130. The van der Waals surface area contributed by atoms with Crippen molar-refractivity contribution in [2.24, 2.45) is 0 Å². The third-order valence-electron chi connectivity index (χ3n) is 5.69. The van der Waals surface area contributed by atoms with Crippen molar-refractivity contribution in [3.63, 3.8) is 0 Å². The van der Waals surface area contributed by atoms with Gasteiger partial charge in [0.15, 0.2) is 0 Å². The van der Waals surface area contributed by atoms with Gasteiger partial charge in [0, 0.05) is 55.8 Å². The molecule has 10 heteroatoms. The number of rotatable bonds is 9. The van der Waals surface area contributed by atoms with Gasteiger partial charge in [0.2, 0.25) is 0 Å². The molecule has 0 saturated heterocycles. The minimum absolute atomic E-state index is 0.192. The van der Waals surface area contributed by atoms with Crippen LogP contribution in [0.15, 0.2) is 41.9 Å². The number of amides is 1. The minimum Gasteiger partial charge on any atom is -0.484 e. The Kier molecular flexibility index (Phi) is 7.59. The topological polar surface area (TPSA) is 79.8 Å². The number of nitrogens with zero attached hydrogens (tertiary/aromatic N) is 4. The molecule has 1 aromatic carbocycles. The number of nitrogens with one attached hydrogen (secondary N) is 1. The van der Waals surface area contributed by atoms with E-state index in [9.17, 15) is 9.18 Å². The average Bonchev–Trinajstić information content (AvgIpc) is 3.36. The van der Waals surface area contributed by atoms with Crippen LogP contribution in [0.4, 0.5) is 10.2 Å². The molecule has 0 fully saturated rings. The zero-order chi connectivity index (χ0) is 24.1. The SMILES string of the molecule is CNCC[C@H](Oc1cc(F)ccc1CN1CCN(C)c2nc(OC)ncc2C1=O)c1cccs1. The Hall–Kier alpha value is -3.24. The molecule has 0 unspecified atom stereocenters. The molecule has 8 nitrogen and oxygen atoms in total. The zero-order valence-corrected chi connectivity index (χ0v) is 20.3. The molecule has 2 aromatic heterocycles. The lowest BCUT2D eigenvalue weighted by molar-refractivity contribution is 0.0751. The molecule has 1 aliphatic heterocycles. The number of aromatic nitrogens is 2. The summed E-state index contributed by atoms with van der Waals surface area (Å²) in [4.78, 5) is 26.5. The highest BCUT2D eigenvalue weighted by atomic mass is 32.1. The molecular formula is C24H28FN5O3S. The van der Waals surface area contributed by atoms with Crippen LogP contribution in [-0.2, 0) is 6.54 Å². The van der Waals surface area contributed by atoms with E-state index in [1.54, 1.807) is 22.3 Å². The molecule has 1 atom stereocenters. The van der Waals surface area contributed by atoms with E-state index < -0.39 is 0 Å². The molecule has 3 heterocycles. The van der Waals surface area contributed by atoms with Crippen LogP contribution in [0, 0.1) is 5.82 Å². The van der Waals surface area contributed by atoms with E-state index in [1.165, 1.54) is 25.4 Å². The van der Waals surface area contributed by atoms with Crippen LogP contribution in [-0.4, -0.2) is 61.6 Å². The quantitative estimate of drug-likeness (QED) is 0.497. The molecule has 1 N–H and O–H groups in total. The van der Waals surface area contributed by atoms with Gasteiger partial charge in [-0.1, -0.05) is 12.1 Å². The molecule has 1 amide bonds. The van der Waals surface area contributed by atoms with Crippen molar-refractivity contribution in [3.05, 3.63) is 63.7 Å². The number of fused-ring (bicyclic) bond motifs is 1. The zero-order valence-electron chi connectivity index (χ0n) is 19.5. The molecule has 0 radical (unpaired) electrons. The lowest BCUT2D eigenvalue weighted by Gasteiger charge is -2.24. The van der Waals surface area contributed by atoms with E-state index in [-0.39, 0.29) is 30.4 Å². The van der Waals surface area contributed by atoms with Crippen LogP contribution >= 0.6 is 11.3 Å². The summed E-state index contributed by atoms with van der Waals surface area (Å²) in [6.07, 6.45) is 2.00. The van der Waals surface area contributed by atoms with Crippen LogP contribution in [0.2, 0.25) is 0 Å².